The van der Waals surface area contributed by atoms with Crippen LogP contribution in [0.2, 0.25) is 0 Å². The SMILES string of the molecule is NS(=O)(=O)NCCn1c(=O)[nH]c2ccccc21. The minimum absolute atomic E-state index is 0.0700. The number of imidazole rings is 1. The van der Waals surface area contributed by atoms with Crippen molar-refractivity contribution in [2.45, 2.75) is 6.54 Å². The summed E-state index contributed by atoms with van der Waals surface area (Å²) in [5, 5.41) is 4.79. The van der Waals surface area contributed by atoms with E-state index >= 15 is 0 Å². The Labute approximate surface area is 97.4 Å². The lowest BCUT2D eigenvalue weighted by Crippen LogP contribution is -2.34. The number of fused-ring (bicyclic) bond motifs is 1. The first-order valence-corrected chi connectivity index (χ1v) is 6.47. The Morgan fingerprint density at radius 3 is 2.76 bits per heavy atom. The topological polar surface area (TPSA) is 110 Å². The van der Waals surface area contributed by atoms with Gasteiger partial charge in [0.05, 0.1) is 11.0 Å². The molecule has 0 saturated heterocycles. The first kappa shape index (κ1) is 11.8. The van der Waals surface area contributed by atoms with Crippen LogP contribution in [0.5, 0.6) is 0 Å². The molecule has 0 atom stereocenters. The predicted octanol–water partition coefficient (Wildman–Crippen LogP) is -0.877. The zero-order valence-electron chi connectivity index (χ0n) is 8.88. The van der Waals surface area contributed by atoms with E-state index in [1.54, 1.807) is 18.2 Å². The fourth-order valence-corrected chi connectivity index (χ4v) is 2.00. The molecule has 2 aromatic rings. The van der Waals surface area contributed by atoms with Crippen molar-refractivity contribution in [1.82, 2.24) is 14.3 Å². The Bertz CT molecular complexity index is 686. The number of H-pyrrole nitrogens is 1. The van der Waals surface area contributed by atoms with Crippen molar-refractivity contribution in [2.24, 2.45) is 5.14 Å². The summed E-state index contributed by atoms with van der Waals surface area (Å²) in [6.07, 6.45) is 0. The summed E-state index contributed by atoms with van der Waals surface area (Å²) in [6.45, 7) is 0.292. The van der Waals surface area contributed by atoms with Gasteiger partial charge in [0.25, 0.3) is 10.2 Å². The Kier molecular flexibility index (Phi) is 3.01. The Hall–Kier alpha value is -1.64. The standard InChI is InChI=1S/C9H12N4O3S/c10-17(15,16)11-5-6-13-8-4-2-1-3-7(8)12-9(13)14/h1-4,11H,5-6H2,(H,12,14)(H2,10,15,16). The molecule has 0 aliphatic rings. The van der Waals surface area contributed by atoms with Crippen molar-refractivity contribution < 1.29 is 8.42 Å². The molecule has 0 saturated carbocycles. The number of benzene rings is 1. The van der Waals surface area contributed by atoms with Crippen molar-refractivity contribution in [3.63, 3.8) is 0 Å². The molecular weight excluding hydrogens is 244 g/mol. The molecule has 2 rings (SSSR count). The van der Waals surface area contributed by atoms with Crippen LogP contribution < -0.4 is 15.6 Å². The highest BCUT2D eigenvalue weighted by Crippen LogP contribution is 2.08. The van der Waals surface area contributed by atoms with Crippen LogP contribution in [-0.2, 0) is 16.8 Å². The second kappa shape index (κ2) is 4.32. The molecule has 0 radical (unpaired) electrons. The van der Waals surface area contributed by atoms with E-state index in [0.29, 0.717) is 5.52 Å². The van der Waals surface area contributed by atoms with E-state index in [-0.39, 0.29) is 18.8 Å². The lowest BCUT2D eigenvalue weighted by molar-refractivity contribution is 0.574. The minimum Gasteiger partial charge on any atom is -0.306 e. The van der Waals surface area contributed by atoms with Gasteiger partial charge >= 0.3 is 5.69 Å². The maximum Gasteiger partial charge on any atom is 0.326 e. The van der Waals surface area contributed by atoms with Crippen molar-refractivity contribution in [1.29, 1.82) is 0 Å². The molecule has 1 heterocycles. The van der Waals surface area contributed by atoms with E-state index in [2.05, 4.69) is 9.71 Å². The molecule has 0 unspecified atom stereocenters. The number of nitrogens with zero attached hydrogens (tertiary/aromatic N) is 1. The highest BCUT2D eigenvalue weighted by molar-refractivity contribution is 7.87. The summed E-state index contributed by atoms with van der Waals surface area (Å²) >= 11 is 0. The first-order chi connectivity index (χ1) is 7.97. The van der Waals surface area contributed by atoms with E-state index in [1.165, 1.54) is 4.57 Å². The van der Waals surface area contributed by atoms with Crippen LogP contribution in [0.1, 0.15) is 0 Å². The van der Waals surface area contributed by atoms with Gasteiger partial charge in [-0.25, -0.2) is 14.7 Å². The number of hydrogen-bond donors (Lipinski definition) is 3. The smallest absolute Gasteiger partial charge is 0.306 e. The third kappa shape index (κ3) is 2.73. The zero-order valence-corrected chi connectivity index (χ0v) is 9.70. The maximum atomic E-state index is 11.6. The van der Waals surface area contributed by atoms with Crippen LogP contribution in [0.4, 0.5) is 0 Å². The van der Waals surface area contributed by atoms with Crippen LogP contribution in [0.3, 0.4) is 0 Å². The average Bonchev–Trinajstić information content (AvgIpc) is 2.54. The van der Waals surface area contributed by atoms with Gasteiger partial charge in [0.1, 0.15) is 0 Å². The van der Waals surface area contributed by atoms with E-state index in [4.69, 9.17) is 5.14 Å². The molecule has 92 valence electrons. The molecule has 0 amide bonds. The summed E-state index contributed by atoms with van der Waals surface area (Å²) < 4.78 is 24.9. The number of nitrogens with one attached hydrogen (secondary N) is 2. The third-order valence-corrected chi connectivity index (χ3v) is 2.93. The maximum absolute atomic E-state index is 11.6. The molecule has 4 N–H and O–H groups in total. The van der Waals surface area contributed by atoms with Gasteiger partial charge in [-0.3, -0.25) is 4.57 Å². The number of para-hydroxylation sites is 2. The van der Waals surface area contributed by atoms with Crippen LogP contribution >= 0.6 is 0 Å². The van der Waals surface area contributed by atoms with E-state index < -0.39 is 10.2 Å². The summed E-state index contributed by atoms with van der Waals surface area (Å²) in [5.41, 5.74) is 1.17. The van der Waals surface area contributed by atoms with Gasteiger partial charge in [-0.2, -0.15) is 8.42 Å². The highest BCUT2D eigenvalue weighted by Gasteiger charge is 2.06. The van der Waals surface area contributed by atoms with Crippen LogP contribution in [0.25, 0.3) is 11.0 Å². The van der Waals surface area contributed by atoms with Crippen molar-refractivity contribution in [2.75, 3.05) is 6.54 Å². The Morgan fingerprint density at radius 2 is 2.06 bits per heavy atom. The van der Waals surface area contributed by atoms with Gasteiger partial charge in [-0.05, 0) is 12.1 Å². The third-order valence-electron chi connectivity index (χ3n) is 2.32. The van der Waals surface area contributed by atoms with Gasteiger partial charge in [0, 0.05) is 13.1 Å². The van der Waals surface area contributed by atoms with Crippen molar-refractivity contribution in [3.8, 4) is 0 Å². The van der Waals surface area contributed by atoms with Gasteiger partial charge in [-0.15, -0.1) is 0 Å². The van der Waals surface area contributed by atoms with Gasteiger partial charge in [-0.1, -0.05) is 12.1 Å². The van der Waals surface area contributed by atoms with Gasteiger partial charge in [0.2, 0.25) is 0 Å². The molecule has 7 nitrogen and oxygen atoms in total. The normalized spacial score (nSPS) is 12.1. The lowest BCUT2D eigenvalue weighted by Gasteiger charge is -2.03. The molecule has 0 bridgehead atoms. The number of aromatic amines is 1. The van der Waals surface area contributed by atoms with Crippen LogP contribution in [0.15, 0.2) is 29.1 Å². The summed E-state index contributed by atoms with van der Waals surface area (Å²) in [5.74, 6) is 0. The monoisotopic (exact) mass is 256 g/mol. The van der Waals surface area contributed by atoms with E-state index in [1.807, 2.05) is 6.07 Å². The second-order valence-electron chi connectivity index (χ2n) is 3.54. The van der Waals surface area contributed by atoms with Crippen LogP contribution in [-0.4, -0.2) is 24.5 Å². The number of nitrogens with two attached hydrogens (primary N) is 1. The lowest BCUT2D eigenvalue weighted by atomic mass is 10.3. The van der Waals surface area contributed by atoms with E-state index in [0.717, 1.165) is 5.52 Å². The van der Waals surface area contributed by atoms with Crippen molar-refractivity contribution >= 4 is 21.2 Å². The molecular formula is C9H12N4O3S. The number of hydrogen-bond acceptors (Lipinski definition) is 3. The average molecular weight is 256 g/mol. The van der Waals surface area contributed by atoms with E-state index in [9.17, 15) is 13.2 Å². The molecule has 8 heteroatoms. The predicted molar refractivity (Wildman–Crippen MR) is 63.7 cm³/mol. The molecule has 1 aromatic heterocycles. The fourth-order valence-electron chi connectivity index (χ4n) is 1.63. The second-order valence-corrected chi connectivity index (χ2v) is 4.92. The number of aromatic nitrogens is 2. The molecule has 17 heavy (non-hydrogen) atoms. The zero-order chi connectivity index (χ0) is 12.5. The largest absolute Gasteiger partial charge is 0.326 e. The Balaban J connectivity index is 2.24. The summed E-state index contributed by atoms with van der Waals surface area (Å²) in [7, 11) is -3.72. The highest BCUT2D eigenvalue weighted by atomic mass is 32.2. The fraction of sp³-hybridized carbons (Fsp3) is 0.222. The molecule has 0 spiro atoms. The Morgan fingerprint density at radius 1 is 1.35 bits per heavy atom. The van der Waals surface area contributed by atoms with Gasteiger partial charge in [0.15, 0.2) is 0 Å². The summed E-state index contributed by atoms with van der Waals surface area (Å²) in [4.78, 5) is 14.3. The quantitative estimate of drug-likeness (QED) is 0.660. The molecule has 1 aromatic carbocycles. The van der Waals surface area contributed by atoms with Crippen LogP contribution in [0, 0.1) is 0 Å². The summed E-state index contributed by atoms with van der Waals surface area (Å²) in [6, 6.07) is 7.18. The molecule has 0 fully saturated rings. The molecule has 0 aliphatic carbocycles. The minimum atomic E-state index is -3.72. The molecule has 0 aliphatic heterocycles. The number of rotatable bonds is 4. The first-order valence-electron chi connectivity index (χ1n) is 4.92. The van der Waals surface area contributed by atoms with Crippen molar-refractivity contribution in [3.05, 3.63) is 34.7 Å². The van der Waals surface area contributed by atoms with Gasteiger partial charge < -0.3 is 4.98 Å².